The van der Waals surface area contributed by atoms with Gasteiger partial charge in [0.15, 0.2) is 17.8 Å². The van der Waals surface area contributed by atoms with Gasteiger partial charge in [-0.1, -0.05) is 6.07 Å². The maximum absolute atomic E-state index is 11.1. The molecule has 0 spiro atoms. The Morgan fingerprint density at radius 1 is 0.955 bits per heavy atom. The summed E-state index contributed by atoms with van der Waals surface area (Å²) in [5.41, 5.74) is 1.62. The molecule has 5 heteroatoms. The van der Waals surface area contributed by atoms with Crippen LogP contribution in [0.15, 0.2) is 36.4 Å². The summed E-state index contributed by atoms with van der Waals surface area (Å²) in [7, 11) is 3.05. The van der Waals surface area contributed by atoms with Crippen LogP contribution in [0, 0.1) is 0 Å². The molecular weight excluding hydrogens is 284 g/mol. The minimum Gasteiger partial charge on any atom is -0.496 e. The molecule has 0 heterocycles. The Morgan fingerprint density at radius 3 is 2.36 bits per heavy atom. The van der Waals surface area contributed by atoms with Crippen molar-refractivity contribution in [2.75, 3.05) is 14.2 Å². The second-order valence-corrected chi connectivity index (χ2v) is 4.47. The van der Waals surface area contributed by atoms with E-state index in [0.29, 0.717) is 40.2 Å². The standard InChI is InChI=1S/C17H16O5/c1-20-15-7-6-12(9-18)8-14(15)11-22-17-13(10-19)4-3-5-16(17)21-2/h3-10H,11H2,1-2H3. The lowest BCUT2D eigenvalue weighted by Crippen LogP contribution is -2.03. The molecule has 0 fully saturated rings. The molecule has 0 aliphatic rings. The number of para-hydroxylation sites is 1. The van der Waals surface area contributed by atoms with Gasteiger partial charge in [0.05, 0.1) is 19.8 Å². The number of aldehydes is 2. The molecule has 5 nitrogen and oxygen atoms in total. The first kappa shape index (κ1) is 15.6. The third-order valence-corrected chi connectivity index (χ3v) is 3.17. The summed E-state index contributed by atoms with van der Waals surface area (Å²) in [4.78, 5) is 22.0. The molecule has 0 N–H and O–H groups in total. The number of rotatable bonds is 7. The molecule has 114 valence electrons. The Kier molecular flexibility index (Phi) is 5.14. The molecule has 0 aliphatic carbocycles. The van der Waals surface area contributed by atoms with Crippen molar-refractivity contribution in [3.63, 3.8) is 0 Å². The zero-order valence-corrected chi connectivity index (χ0v) is 12.4. The molecule has 2 aromatic rings. The Balaban J connectivity index is 2.30. The van der Waals surface area contributed by atoms with Crippen LogP contribution in [0.25, 0.3) is 0 Å². The van der Waals surface area contributed by atoms with E-state index < -0.39 is 0 Å². The van der Waals surface area contributed by atoms with Crippen molar-refractivity contribution in [2.24, 2.45) is 0 Å². The van der Waals surface area contributed by atoms with Gasteiger partial charge in [-0.25, -0.2) is 0 Å². The summed E-state index contributed by atoms with van der Waals surface area (Å²) in [6.45, 7) is 0.145. The van der Waals surface area contributed by atoms with E-state index in [9.17, 15) is 9.59 Å². The minimum atomic E-state index is 0.145. The maximum atomic E-state index is 11.1. The third-order valence-electron chi connectivity index (χ3n) is 3.17. The summed E-state index contributed by atoms with van der Waals surface area (Å²) in [5, 5.41) is 0. The van der Waals surface area contributed by atoms with Gasteiger partial charge in [-0.3, -0.25) is 9.59 Å². The first-order chi connectivity index (χ1) is 10.7. The van der Waals surface area contributed by atoms with Crippen LogP contribution < -0.4 is 14.2 Å². The van der Waals surface area contributed by atoms with Gasteiger partial charge in [0.1, 0.15) is 18.6 Å². The van der Waals surface area contributed by atoms with E-state index in [4.69, 9.17) is 14.2 Å². The monoisotopic (exact) mass is 300 g/mol. The summed E-state index contributed by atoms with van der Waals surface area (Å²) in [6, 6.07) is 10.1. The number of benzene rings is 2. The topological polar surface area (TPSA) is 61.8 Å². The first-order valence-corrected chi connectivity index (χ1v) is 6.60. The highest BCUT2D eigenvalue weighted by Gasteiger charge is 2.12. The summed E-state index contributed by atoms with van der Waals surface area (Å²) >= 11 is 0. The molecular formula is C17H16O5. The number of methoxy groups -OCH3 is 2. The normalized spacial score (nSPS) is 9.91. The predicted molar refractivity (Wildman–Crippen MR) is 81.1 cm³/mol. The fraction of sp³-hybridized carbons (Fsp3) is 0.176. The molecule has 0 saturated carbocycles. The quantitative estimate of drug-likeness (QED) is 0.736. The molecule has 0 aliphatic heterocycles. The van der Waals surface area contributed by atoms with Crippen LogP contribution in [0.4, 0.5) is 0 Å². The Morgan fingerprint density at radius 2 is 1.73 bits per heavy atom. The van der Waals surface area contributed by atoms with E-state index in [1.54, 1.807) is 43.5 Å². The van der Waals surface area contributed by atoms with Crippen LogP contribution in [-0.2, 0) is 6.61 Å². The molecule has 0 aromatic heterocycles. The molecule has 0 amide bonds. The van der Waals surface area contributed by atoms with Gasteiger partial charge in [0.25, 0.3) is 0 Å². The van der Waals surface area contributed by atoms with Crippen LogP contribution in [0.3, 0.4) is 0 Å². The molecule has 0 saturated heterocycles. The Bertz CT molecular complexity index is 679. The van der Waals surface area contributed by atoms with E-state index in [1.165, 1.54) is 7.11 Å². The number of carbonyl (C=O) groups is 2. The highest BCUT2D eigenvalue weighted by atomic mass is 16.5. The van der Waals surface area contributed by atoms with Crippen LogP contribution >= 0.6 is 0 Å². The van der Waals surface area contributed by atoms with E-state index in [2.05, 4.69) is 0 Å². The van der Waals surface area contributed by atoms with Crippen molar-refractivity contribution in [3.8, 4) is 17.2 Å². The second-order valence-electron chi connectivity index (χ2n) is 4.47. The SMILES string of the molecule is COc1ccc(C=O)cc1COc1c(C=O)cccc1OC. The smallest absolute Gasteiger partial charge is 0.172 e. The van der Waals surface area contributed by atoms with Crippen molar-refractivity contribution in [1.29, 1.82) is 0 Å². The summed E-state index contributed by atoms with van der Waals surface area (Å²) in [6.07, 6.45) is 1.46. The average Bonchev–Trinajstić information content (AvgIpc) is 2.59. The number of carbonyl (C=O) groups excluding carboxylic acids is 2. The van der Waals surface area contributed by atoms with Crippen LogP contribution in [-0.4, -0.2) is 26.8 Å². The predicted octanol–water partition coefficient (Wildman–Crippen LogP) is 2.91. The molecule has 0 unspecified atom stereocenters. The fourth-order valence-corrected chi connectivity index (χ4v) is 2.08. The van der Waals surface area contributed by atoms with E-state index >= 15 is 0 Å². The van der Waals surface area contributed by atoms with E-state index in [-0.39, 0.29) is 6.61 Å². The summed E-state index contributed by atoms with van der Waals surface area (Å²) in [5.74, 6) is 1.43. The minimum absolute atomic E-state index is 0.145. The van der Waals surface area contributed by atoms with Gasteiger partial charge in [-0.2, -0.15) is 0 Å². The summed E-state index contributed by atoms with van der Waals surface area (Å²) < 4.78 is 16.2. The van der Waals surface area contributed by atoms with Crippen LogP contribution in [0.5, 0.6) is 17.2 Å². The average molecular weight is 300 g/mol. The Hall–Kier alpha value is -2.82. The molecule has 22 heavy (non-hydrogen) atoms. The zero-order chi connectivity index (χ0) is 15.9. The maximum Gasteiger partial charge on any atom is 0.172 e. The van der Waals surface area contributed by atoms with Crippen molar-refractivity contribution in [3.05, 3.63) is 53.1 Å². The number of hydrogen-bond acceptors (Lipinski definition) is 5. The van der Waals surface area contributed by atoms with E-state index in [0.717, 1.165) is 6.29 Å². The fourth-order valence-electron chi connectivity index (χ4n) is 2.08. The van der Waals surface area contributed by atoms with Crippen LogP contribution in [0.2, 0.25) is 0 Å². The molecule has 2 rings (SSSR count). The van der Waals surface area contributed by atoms with Crippen molar-refractivity contribution in [2.45, 2.75) is 6.61 Å². The highest BCUT2D eigenvalue weighted by Crippen LogP contribution is 2.31. The molecule has 0 radical (unpaired) electrons. The largest absolute Gasteiger partial charge is 0.496 e. The molecule has 0 atom stereocenters. The first-order valence-electron chi connectivity index (χ1n) is 6.60. The highest BCUT2D eigenvalue weighted by molar-refractivity contribution is 5.81. The number of hydrogen-bond donors (Lipinski definition) is 0. The number of ether oxygens (including phenoxy) is 3. The van der Waals surface area contributed by atoms with Gasteiger partial charge in [0.2, 0.25) is 0 Å². The van der Waals surface area contributed by atoms with Crippen molar-refractivity contribution in [1.82, 2.24) is 0 Å². The van der Waals surface area contributed by atoms with Gasteiger partial charge in [-0.15, -0.1) is 0 Å². The lowest BCUT2D eigenvalue weighted by molar-refractivity contribution is 0.111. The molecule has 0 bridgehead atoms. The van der Waals surface area contributed by atoms with Crippen molar-refractivity contribution >= 4 is 12.6 Å². The Labute approximate surface area is 128 Å². The van der Waals surface area contributed by atoms with Crippen molar-refractivity contribution < 1.29 is 23.8 Å². The van der Waals surface area contributed by atoms with Gasteiger partial charge in [-0.05, 0) is 30.3 Å². The van der Waals surface area contributed by atoms with Gasteiger partial charge in [0, 0.05) is 11.1 Å². The third kappa shape index (κ3) is 3.25. The second kappa shape index (κ2) is 7.26. The lowest BCUT2D eigenvalue weighted by atomic mass is 10.1. The van der Waals surface area contributed by atoms with Gasteiger partial charge < -0.3 is 14.2 Å². The van der Waals surface area contributed by atoms with E-state index in [1.807, 2.05) is 0 Å². The van der Waals surface area contributed by atoms with Gasteiger partial charge >= 0.3 is 0 Å². The lowest BCUT2D eigenvalue weighted by Gasteiger charge is -2.14. The van der Waals surface area contributed by atoms with Crippen LogP contribution in [0.1, 0.15) is 26.3 Å². The molecule has 2 aromatic carbocycles. The zero-order valence-electron chi connectivity index (χ0n) is 12.4.